The summed E-state index contributed by atoms with van der Waals surface area (Å²) in [5.41, 5.74) is 1.70. The van der Waals surface area contributed by atoms with Gasteiger partial charge >= 0.3 is 5.97 Å². The molecular formula is C23H23Br2N3O4. The third-order valence-corrected chi connectivity index (χ3v) is 6.70. The number of esters is 1. The summed E-state index contributed by atoms with van der Waals surface area (Å²) in [6, 6.07) is 11.7. The second-order valence-electron chi connectivity index (χ2n) is 7.08. The number of benzene rings is 2. The molecule has 0 saturated carbocycles. The van der Waals surface area contributed by atoms with Gasteiger partial charge in [-0.1, -0.05) is 43.7 Å². The quantitative estimate of drug-likeness (QED) is 0.297. The van der Waals surface area contributed by atoms with Crippen LogP contribution in [0.5, 0.6) is 0 Å². The first-order valence-corrected chi connectivity index (χ1v) is 11.9. The number of carbonyl (C=O) groups is 3. The molecule has 0 saturated heterocycles. The summed E-state index contributed by atoms with van der Waals surface area (Å²) < 4.78 is 8.13. The van der Waals surface area contributed by atoms with Crippen LogP contribution in [0.2, 0.25) is 0 Å². The molecule has 2 aromatic carbocycles. The van der Waals surface area contributed by atoms with Gasteiger partial charge in [-0.15, -0.1) is 0 Å². The molecule has 0 aliphatic rings. The van der Waals surface area contributed by atoms with Crippen molar-refractivity contribution in [3.63, 3.8) is 0 Å². The third kappa shape index (κ3) is 5.27. The SMILES string of the molecule is CCCC(C(=O)NCC(=O)OCC)n1c(C(=O)c2ccccc2)nc2cc(Br)c(Br)cc21. The van der Waals surface area contributed by atoms with Gasteiger partial charge in [0.25, 0.3) is 0 Å². The molecule has 0 radical (unpaired) electrons. The molecule has 9 heteroatoms. The summed E-state index contributed by atoms with van der Waals surface area (Å²) in [7, 11) is 0. The molecule has 1 heterocycles. The van der Waals surface area contributed by atoms with Crippen molar-refractivity contribution >= 4 is 60.6 Å². The molecule has 32 heavy (non-hydrogen) atoms. The number of nitrogens with zero attached hydrogens (tertiary/aromatic N) is 2. The maximum absolute atomic E-state index is 13.4. The minimum atomic E-state index is -0.727. The lowest BCUT2D eigenvalue weighted by molar-refractivity contribution is -0.143. The molecule has 0 aliphatic carbocycles. The maximum atomic E-state index is 13.4. The van der Waals surface area contributed by atoms with Crippen LogP contribution in [0.15, 0.2) is 51.4 Å². The molecule has 1 N–H and O–H groups in total. The number of nitrogens with one attached hydrogen (secondary N) is 1. The van der Waals surface area contributed by atoms with Crippen LogP contribution in [0.4, 0.5) is 0 Å². The molecule has 3 aromatic rings. The number of carbonyl (C=O) groups excluding carboxylic acids is 3. The van der Waals surface area contributed by atoms with Gasteiger partial charge in [-0.3, -0.25) is 14.4 Å². The van der Waals surface area contributed by atoms with Crippen LogP contribution in [0.1, 0.15) is 48.9 Å². The Morgan fingerprint density at radius 2 is 1.78 bits per heavy atom. The number of rotatable bonds is 9. The van der Waals surface area contributed by atoms with Crippen LogP contribution in [-0.2, 0) is 14.3 Å². The first kappa shape index (κ1) is 24.1. The first-order valence-electron chi connectivity index (χ1n) is 10.3. The van der Waals surface area contributed by atoms with E-state index in [2.05, 4.69) is 42.2 Å². The van der Waals surface area contributed by atoms with Crippen molar-refractivity contribution in [2.75, 3.05) is 13.2 Å². The monoisotopic (exact) mass is 563 g/mol. The predicted octanol–water partition coefficient (Wildman–Crippen LogP) is 4.81. The highest BCUT2D eigenvalue weighted by Gasteiger charge is 2.29. The van der Waals surface area contributed by atoms with Crippen LogP contribution < -0.4 is 5.32 Å². The molecule has 1 atom stereocenters. The van der Waals surface area contributed by atoms with Crippen LogP contribution in [0.3, 0.4) is 0 Å². The molecule has 0 spiro atoms. The van der Waals surface area contributed by atoms with Gasteiger partial charge in [0.2, 0.25) is 11.7 Å². The Kier molecular flexibility index (Phi) is 8.20. The minimum absolute atomic E-state index is 0.168. The zero-order valence-corrected chi connectivity index (χ0v) is 20.9. The van der Waals surface area contributed by atoms with Gasteiger partial charge in [0.15, 0.2) is 5.82 Å². The van der Waals surface area contributed by atoms with E-state index < -0.39 is 12.0 Å². The van der Waals surface area contributed by atoms with E-state index in [1.54, 1.807) is 41.8 Å². The van der Waals surface area contributed by atoms with E-state index in [0.29, 0.717) is 29.4 Å². The lowest BCUT2D eigenvalue weighted by Gasteiger charge is -2.20. The fraction of sp³-hybridized carbons (Fsp3) is 0.304. The Bertz CT molecular complexity index is 1150. The molecule has 0 bridgehead atoms. The number of imidazole rings is 1. The predicted molar refractivity (Wildman–Crippen MR) is 129 cm³/mol. The van der Waals surface area contributed by atoms with Crippen molar-refractivity contribution in [2.24, 2.45) is 0 Å². The highest BCUT2D eigenvalue weighted by molar-refractivity contribution is 9.13. The maximum Gasteiger partial charge on any atom is 0.325 e. The molecule has 0 aliphatic heterocycles. The number of halogens is 2. The molecule has 7 nitrogen and oxygen atoms in total. The molecule has 0 fully saturated rings. The summed E-state index contributed by atoms with van der Waals surface area (Å²) in [5.74, 6) is -1.01. The molecule has 3 rings (SSSR count). The van der Waals surface area contributed by atoms with Gasteiger partial charge in [-0.25, -0.2) is 4.98 Å². The average Bonchev–Trinajstić information content (AvgIpc) is 3.14. The smallest absolute Gasteiger partial charge is 0.325 e. The van der Waals surface area contributed by atoms with Crippen molar-refractivity contribution in [1.29, 1.82) is 0 Å². The highest BCUT2D eigenvalue weighted by atomic mass is 79.9. The Hall–Kier alpha value is -2.52. The summed E-state index contributed by atoms with van der Waals surface area (Å²) in [6.45, 7) is 3.65. The average molecular weight is 565 g/mol. The van der Waals surface area contributed by atoms with Gasteiger partial charge in [-0.2, -0.15) is 0 Å². The van der Waals surface area contributed by atoms with E-state index in [0.717, 1.165) is 8.95 Å². The fourth-order valence-corrected chi connectivity index (χ4v) is 4.09. The molecule has 1 unspecified atom stereocenters. The Morgan fingerprint density at radius 1 is 1.09 bits per heavy atom. The van der Waals surface area contributed by atoms with Crippen molar-refractivity contribution in [1.82, 2.24) is 14.9 Å². The largest absolute Gasteiger partial charge is 0.465 e. The van der Waals surface area contributed by atoms with Crippen LogP contribution >= 0.6 is 31.9 Å². The van der Waals surface area contributed by atoms with Gasteiger partial charge in [-0.05, 0) is 57.3 Å². The standard InChI is InChI=1S/C23H23Br2N3O4/c1-3-8-18(23(31)26-13-20(29)32-4-2)28-19-12-16(25)15(24)11-17(19)27-22(28)21(30)14-9-6-5-7-10-14/h5-7,9-12,18H,3-4,8,13H2,1-2H3,(H,26,31). The zero-order valence-electron chi connectivity index (χ0n) is 17.7. The first-order chi connectivity index (χ1) is 15.4. The molecule has 1 amide bonds. The highest BCUT2D eigenvalue weighted by Crippen LogP contribution is 2.32. The van der Waals surface area contributed by atoms with Crippen molar-refractivity contribution in [3.05, 3.63) is 62.8 Å². The lowest BCUT2D eigenvalue weighted by atomic mass is 10.1. The second-order valence-corrected chi connectivity index (χ2v) is 8.79. The van der Waals surface area contributed by atoms with Gasteiger partial charge < -0.3 is 14.6 Å². The normalized spacial score (nSPS) is 11.9. The van der Waals surface area contributed by atoms with Gasteiger partial charge in [0.05, 0.1) is 17.6 Å². The Morgan fingerprint density at radius 3 is 2.44 bits per heavy atom. The summed E-state index contributed by atoms with van der Waals surface area (Å²) in [5, 5.41) is 2.64. The van der Waals surface area contributed by atoms with Crippen LogP contribution in [0.25, 0.3) is 11.0 Å². The number of hydrogen-bond donors (Lipinski definition) is 1. The van der Waals surface area contributed by atoms with E-state index in [1.807, 2.05) is 19.1 Å². The number of fused-ring (bicyclic) bond motifs is 1. The third-order valence-electron chi connectivity index (χ3n) is 4.86. The fourth-order valence-electron chi connectivity index (χ4n) is 3.42. The van der Waals surface area contributed by atoms with Gasteiger partial charge in [0, 0.05) is 14.5 Å². The zero-order chi connectivity index (χ0) is 23.3. The van der Waals surface area contributed by atoms with Crippen LogP contribution in [-0.4, -0.2) is 40.4 Å². The van der Waals surface area contributed by atoms with Crippen molar-refractivity contribution < 1.29 is 19.1 Å². The second kappa shape index (κ2) is 10.9. The topological polar surface area (TPSA) is 90.3 Å². The number of aromatic nitrogens is 2. The van der Waals surface area contributed by atoms with E-state index >= 15 is 0 Å². The number of ether oxygens (including phenoxy) is 1. The van der Waals surface area contributed by atoms with Crippen LogP contribution in [0, 0.1) is 0 Å². The molecule has 1 aromatic heterocycles. The number of ketones is 1. The lowest BCUT2D eigenvalue weighted by Crippen LogP contribution is -2.37. The molecular weight excluding hydrogens is 542 g/mol. The number of amides is 1. The van der Waals surface area contributed by atoms with E-state index in [9.17, 15) is 14.4 Å². The van der Waals surface area contributed by atoms with Gasteiger partial charge in [0.1, 0.15) is 12.6 Å². The summed E-state index contributed by atoms with van der Waals surface area (Å²) >= 11 is 6.97. The van der Waals surface area contributed by atoms with E-state index in [1.165, 1.54) is 0 Å². The van der Waals surface area contributed by atoms with E-state index in [-0.39, 0.29) is 30.7 Å². The van der Waals surface area contributed by atoms with Crippen molar-refractivity contribution in [3.8, 4) is 0 Å². The Balaban J connectivity index is 2.11. The van der Waals surface area contributed by atoms with E-state index in [4.69, 9.17) is 4.74 Å². The molecule has 168 valence electrons. The number of hydrogen-bond acceptors (Lipinski definition) is 5. The summed E-state index contributed by atoms with van der Waals surface area (Å²) in [6.07, 6.45) is 1.15. The van der Waals surface area contributed by atoms with Crippen molar-refractivity contribution in [2.45, 2.75) is 32.7 Å². The minimum Gasteiger partial charge on any atom is -0.465 e. The summed E-state index contributed by atoms with van der Waals surface area (Å²) in [4.78, 5) is 42.9. The Labute approximate surface area is 202 Å².